The lowest BCUT2D eigenvalue weighted by atomic mass is 9.86. The van der Waals surface area contributed by atoms with Gasteiger partial charge in [0.25, 0.3) is 0 Å². The number of carbonyl (C=O) groups is 2. The zero-order valence-corrected chi connectivity index (χ0v) is 26.8. The second kappa shape index (κ2) is 15.9. The van der Waals surface area contributed by atoms with E-state index in [9.17, 15) is 14.0 Å². The van der Waals surface area contributed by atoms with Crippen LogP contribution in [0.15, 0.2) is 79.0 Å². The first-order chi connectivity index (χ1) is 22.2. The molecule has 2 N–H and O–H groups in total. The van der Waals surface area contributed by atoms with Crippen molar-refractivity contribution < 1.29 is 23.8 Å². The van der Waals surface area contributed by atoms with Crippen LogP contribution in [-0.4, -0.2) is 43.9 Å². The van der Waals surface area contributed by atoms with Crippen molar-refractivity contribution in [3.63, 3.8) is 0 Å². The predicted molar refractivity (Wildman–Crippen MR) is 180 cm³/mol. The molecule has 5 rings (SSSR count). The highest BCUT2D eigenvalue weighted by molar-refractivity contribution is 6.24. The molecule has 4 aromatic rings. The maximum absolute atomic E-state index is 13.3. The monoisotopic (exact) mass is 663 g/mol. The van der Waals surface area contributed by atoms with Crippen LogP contribution in [0.1, 0.15) is 60.7 Å². The largest absolute Gasteiger partial charge is 0.494 e. The van der Waals surface area contributed by atoms with Crippen molar-refractivity contribution in [2.45, 2.75) is 61.9 Å². The number of halogens is 3. The molecule has 1 heterocycles. The highest BCUT2D eigenvalue weighted by atomic mass is 35.5. The van der Waals surface area contributed by atoms with E-state index in [1.807, 2.05) is 71.4 Å². The summed E-state index contributed by atoms with van der Waals surface area (Å²) >= 11 is 13.1. The van der Waals surface area contributed by atoms with Gasteiger partial charge in [0.1, 0.15) is 23.9 Å². The van der Waals surface area contributed by atoms with Crippen LogP contribution in [0.25, 0.3) is 23.3 Å². The molecule has 1 amide bonds. The molecule has 3 atom stereocenters. The fourth-order valence-corrected chi connectivity index (χ4v) is 6.30. The van der Waals surface area contributed by atoms with E-state index in [-0.39, 0.29) is 41.4 Å². The number of ether oxygens (including phenoxy) is 1. The Hall–Kier alpha value is -4.14. The highest BCUT2D eigenvalue weighted by Gasteiger charge is 2.31. The van der Waals surface area contributed by atoms with Crippen molar-refractivity contribution in [3.05, 3.63) is 107 Å². The summed E-state index contributed by atoms with van der Waals surface area (Å²) in [6, 6.07) is 21.8. The van der Waals surface area contributed by atoms with E-state index in [4.69, 9.17) is 38.0 Å². The van der Waals surface area contributed by atoms with Gasteiger partial charge >= 0.3 is 5.97 Å². The van der Waals surface area contributed by atoms with Gasteiger partial charge in [0, 0.05) is 35.8 Å². The number of benzene rings is 3. The smallest absolute Gasteiger partial charge is 0.303 e. The van der Waals surface area contributed by atoms with Gasteiger partial charge in [-0.15, -0.1) is 23.2 Å². The molecule has 1 aliphatic carbocycles. The van der Waals surface area contributed by atoms with Gasteiger partial charge in [0.05, 0.1) is 12.3 Å². The van der Waals surface area contributed by atoms with Crippen LogP contribution in [0.4, 0.5) is 4.39 Å². The second-order valence-electron chi connectivity index (χ2n) is 11.4. The number of rotatable bonds is 13. The predicted octanol–water partition coefficient (Wildman–Crippen LogP) is 7.90. The number of carboxylic acid groups (broad SMARTS) is 1. The maximum atomic E-state index is 13.3. The molecule has 2 unspecified atom stereocenters. The van der Waals surface area contributed by atoms with E-state index in [2.05, 4.69) is 5.32 Å². The third-order valence-corrected chi connectivity index (χ3v) is 8.84. The van der Waals surface area contributed by atoms with Crippen LogP contribution in [0, 0.1) is 5.82 Å². The van der Waals surface area contributed by atoms with Gasteiger partial charge in [0.15, 0.2) is 0 Å². The Kier molecular flexibility index (Phi) is 11.5. The summed E-state index contributed by atoms with van der Waals surface area (Å²) in [6.07, 6.45) is 8.72. The summed E-state index contributed by atoms with van der Waals surface area (Å²) in [5.74, 6) is 0.0588. The van der Waals surface area contributed by atoms with E-state index in [0.717, 1.165) is 40.8 Å². The van der Waals surface area contributed by atoms with Crippen LogP contribution >= 0.6 is 23.2 Å². The molecule has 0 radical (unpaired) electrons. The minimum atomic E-state index is -0.830. The third-order valence-electron chi connectivity index (χ3n) is 7.96. The average Bonchev–Trinajstić information content (AvgIpc) is 3.44. The molecule has 1 aliphatic rings. The van der Waals surface area contributed by atoms with E-state index in [1.165, 1.54) is 12.1 Å². The zero-order chi connectivity index (χ0) is 32.5. The fourth-order valence-electron chi connectivity index (χ4n) is 5.42. The topological polar surface area (TPSA) is 93.4 Å². The third kappa shape index (κ3) is 9.44. The Morgan fingerprint density at radius 1 is 0.978 bits per heavy atom. The number of carboxylic acids is 1. The number of aliphatic carboxylic acids is 1. The lowest BCUT2D eigenvalue weighted by molar-refractivity contribution is -0.137. The minimum absolute atomic E-state index is 0.0492. The molecule has 1 saturated carbocycles. The first-order valence-corrected chi connectivity index (χ1v) is 16.2. The van der Waals surface area contributed by atoms with E-state index < -0.39 is 5.97 Å². The summed E-state index contributed by atoms with van der Waals surface area (Å²) in [5, 5.41) is 11.6. The number of alkyl halides is 2. The molecule has 0 saturated heterocycles. The average molecular weight is 665 g/mol. The van der Waals surface area contributed by atoms with Crippen molar-refractivity contribution in [1.82, 2.24) is 14.9 Å². The Morgan fingerprint density at radius 3 is 2.35 bits per heavy atom. The van der Waals surface area contributed by atoms with Crippen molar-refractivity contribution in [2.75, 3.05) is 6.61 Å². The second-order valence-corrected chi connectivity index (χ2v) is 12.6. The number of nitrogens with one attached hydrogen (secondary N) is 1. The molecule has 1 fully saturated rings. The van der Waals surface area contributed by atoms with Crippen LogP contribution < -0.4 is 10.1 Å². The van der Waals surface area contributed by atoms with Crippen molar-refractivity contribution >= 4 is 47.2 Å². The van der Waals surface area contributed by atoms with Gasteiger partial charge in [-0.05, 0) is 78.3 Å². The molecule has 240 valence electrons. The molecule has 46 heavy (non-hydrogen) atoms. The van der Waals surface area contributed by atoms with Gasteiger partial charge in [-0.1, -0.05) is 54.6 Å². The number of imidazole rings is 1. The Labute approximate surface area is 278 Å². The SMILES string of the molecule is O=C(O)CCCOc1ccc(-c2ccc(/C=C/c3nc([C@@H]4CCC(Cl)CC4Cl)cn3CC(=O)NCc3ccc(F)cc3)cc2)cc1. The fraction of sp³-hybridized carbons (Fsp3) is 0.306. The Balaban J connectivity index is 1.26. The van der Waals surface area contributed by atoms with Gasteiger partial charge < -0.3 is 19.7 Å². The van der Waals surface area contributed by atoms with Gasteiger partial charge in [-0.3, -0.25) is 9.59 Å². The number of amides is 1. The molecular weight excluding hydrogens is 628 g/mol. The Bertz CT molecular complexity index is 1640. The highest BCUT2D eigenvalue weighted by Crippen LogP contribution is 2.38. The number of aromatic nitrogens is 2. The van der Waals surface area contributed by atoms with E-state index in [1.54, 1.807) is 12.1 Å². The molecule has 0 bridgehead atoms. The lowest BCUT2D eigenvalue weighted by Gasteiger charge is -2.28. The number of hydrogen-bond donors (Lipinski definition) is 2. The van der Waals surface area contributed by atoms with Crippen LogP contribution in [0.2, 0.25) is 0 Å². The molecule has 0 aliphatic heterocycles. The molecule has 0 spiro atoms. The summed E-state index contributed by atoms with van der Waals surface area (Å²) < 4.78 is 20.7. The lowest BCUT2D eigenvalue weighted by Crippen LogP contribution is -2.27. The number of hydrogen-bond acceptors (Lipinski definition) is 4. The first kappa shape index (κ1) is 33.2. The minimum Gasteiger partial charge on any atom is -0.494 e. The van der Waals surface area contributed by atoms with Gasteiger partial charge in [0.2, 0.25) is 5.91 Å². The van der Waals surface area contributed by atoms with Crippen LogP contribution in [0.3, 0.4) is 0 Å². The normalized spacial score (nSPS) is 18.0. The van der Waals surface area contributed by atoms with Crippen LogP contribution in [0.5, 0.6) is 5.75 Å². The summed E-state index contributed by atoms with van der Waals surface area (Å²) in [7, 11) is 0. The van der Waals surface area contributed by atoms with Crippen molar-refractivity contribution in [1.29, 1.82) is 0 Å². The molecule has 3 aromatic carbocycles. The maximum Gasteiger partial charge on any atom is 0.303 e. The quantitative estimate of drug-likeness (QED) is 0.112. The first-order valence-electron chi connectivity index (χ1n) is 15.3. The summed E-state index contributed by atoms with van der Waals surface area (Å²) in [4.78, 5) is 28.5. The van der Waals surface area contributed by atoms with Gasteiger partial charge in [-0.2, -0.15) is 0 Å². The van der Waals surface area contributed by atoms with Gasteiger partial charge in [-0.25, -0.2) is 9.37 Å². The van der Waals surface area contributed by atoms with E-state index >= 15 is 0 Å². The standard InChI is InChI=1S/C36H36Cl2FN3O4/c37-28-12-17-31(32(38)20-28)33-22-42(23-35(43)40-21-25-5-13-29(39)14-6-25)34(41-33)18-7-24-3-8-26(9-4-24)27-10-15-30(16-11-27)46-19-1-2-36(44)45/h3-11,13-16,18,22,28,31-32H,1-2,12,17,19-21,23H2,(H,40,43)(H,44,45)/b18-7+/t28?,31-,32?/m1/s1. The molecule has 7 nitrogen and oxygen atoms in total. The zero-order valence-electron chi connectivity index (χ0n) is 25.2. The van der Waals surface area contributed by atoms with Crippen LogP contribution in [-0.2, 0) is 22.7 Å². The number of nitrogens with zero attached hydrogens (tertiary/aromatic N) is 2. The molecular formula is C36H36Cl2FN3O4. The number of carbonyl (C=O) groups excluding carboxylic acids is 1. The van der Waals surface area contributed by atoms with E-state index in [0.29, 0.717) is 37.6 Å². The summed E-state index contributed by atoms with van der Waals surface area (Å²) in [6.45, 7) is 0.724. The molecule has 1 aromatic heterocycles. The molecule has 10 heteroatoms. The van der Waals surface area contributed by atoms with Crippen molar-refractivity contribution in [2.24, 2.45) is 0 Å². The summed E-state index contributed by atoms with van der Waals surface area (Å²) in [5.41, 5.74) is 4.70. The Morgan fingerprint density at radius 2 is 1.67 bits per heavy atom. The van der Waals surface area contributed by atoms with Crippen molar-refractivity contribution in [3.8, 4) is 16.9 Å².